The van der Waals surface area contributed by atoms with Crippen LogP contribution in [0.2, 0.25) is 0 Å². The van der Waals surface area contributed by atoms with Gasteiger partial charge in [0.15, 0.2) is 0 Å². The van der Waals surface area contributed by atoms with E-state index in [1.54, 1.807) is 6.92 Å². The second-order valence-electron chi connectivity index (χ2n) is 8.42. The van der Waals surface area contributed by atoms with Gasteiger partial charge in [0.25, 0.3) is 11.8 Å². The van der Waals surface area contributed by atoms with Gasteiger partial charge in [-0.05, 0) is 49.6 Å². The van der Waals surface area contributed by atoms with Crippen molar-refractivity contribution in [3.63, 3.8) is 0 Å². The highest BCUT2D eigenvalue weighted by atomic mass is 19.1. The molecule has 178 valence electrons. The van der Waals surface area contributed by atoms with Crippen LogP contribution in [0.3, 0.4) is 0 Å². The number of halogens is 3. The van der Waals surface area contributed by atoms with Crippen LogP contribution in [0.15, 0.2) is 30.3 Å². The molecule has 1 saturated carbocycles. The number of rotatable bonds is 6. The fourth-order valence-corrected chi connectivity index (χ4v) is 4.32. The van der Waals surface area contributed by atoms with Crippen LogP contribution in [0.5, 0.6) is 0 Å². The molecule has 0 spiro atoms. The van der Waals surface area contributed by atoms with Gasteiger partial charge >= 0.3 is 0 Å². The predicted molar refractivity (Wildman–Crippen MR) is 120 cm³/mol. The smallest absolute Gasteiger partial charge is 0.254 e. The number of aryl methyl sites for hydroxylation is 1. The lowest BCUT2D eigenvalue weighted by Gasteiger charge is -2.11. The molecule has 1 heterocycles. The highest BCUT2D eigenvalue weighted by molar-refractivity contribution is 6.03. The van der Waals surface area contributed by atoms with Gasteiger partial charge in [0.05, 0.1) is 6.04 Å². The number of nitrogens with two attached hydrogens (primary N) is 2. The number of nitrogens with one attached hydrogen (secondary N) is 1. The average Bonchev–Trinajstić information content (AvgIpc) is 3.43. The van der Waals surface area contributed by atoms with E-state index >= 15 is 4.39 Å². The largest absolute Gasteiger partial charge is 0.383 e. The third-order valence-electron chi connectivity index (χ3n) is 6.14. The van der Waals surface area contributed by atoms with E-state index in [1.165, 1.54) is 16.8 Å². The number of hydrogen-bond donors (Lipinski definition) is 3. The highest BCUT2D eigenvalue weighted by Gasteiger charge is 2.29. The lowest BCUT2D eigenvalue weighted by Crippen LogP contribution is -2.24. The van der Waals surface area contributed by atoms with Crippen LogP contribution in [0.25, 0.3) is 11.3 Å². The number of amides is 2. The fourth-order valence-electron chi connectivity index (χ4n) is 4.32. The van der Waals surface area contributed by atoms with Crippen molar-refractivity contribution in [3.8, 4) is 11.3 Å². The quantitative estimate of drug-likeness (QED) is 0.504. The van der Waals surface area contributed by atoms with Crippen LogP contribution in [0.4, 0.5) is 19.0 Å². The first-order valence-corrected chi connectivity index (χ1v) is 10.9. The van der Waals surface area contributed by atoms with Crippen LogP contribution in [0.1, 0.15) is 63.6 Å². The van der Waals surface area contributed by atoms with Crippen molar-refractivity contribution in [2.24, 2.45) is 5.73 Å². The summed E-state index contributed by atoms with van der Waals surface area (Å²) < 4.78 is 44.9. The van der Waals surface area contributed by atoms with Crippen LogP contribution >= 0.6 is 0 Å². The molecule has 5 N–H and O–H groups in total. The molecule has 1 aliphatic rings. The molecule has 1 aliphatic carbocycles. The maximum atomic E-state index is 15.1. The monoisotopic (exact) mass is 471 g/mol. The summed E-state index contributed by atoms with van der Waals surface area (Å²) in [6, 6.07) is 5.52. The molecular formula is C24H24F3N5O2. The van der Waals surface area contributed by atoms with Crippen molar-refractivity contribution < 1.29 is 22.8 Å². The van der Waals surface area contributed by atoms with Crippen LogP contribution in [-0.4, -0.2) is 21.6 Å². The molecule has 0 aliphatic heterocycles. The molecule has 0 saturated heterocycles. The van der Waals surface area contributed by atoms with E-state index in [0.717, 1.165) is 43.9 Å². The molecule has 7 nitrogen and oxygen atoms in total. The molecule has 1 fully saturated rings. The minimum atomic E-state index is -0.890. The van der Waals surface area contributed by atoms with Crippen molar-refractivity contribution in [2.75, 3.05) is 5.73 Å². The Hall–Kier alpha value is -3.82. The van der Waals surface area contributed by atoms with Gasteiger partial charge in [-0.3, -0.25) is 9.59 Å². The predicted octanol–water partition coefficient (Wildman–Crippen LogP) is 4.00. The number of nitrogen functional groups attached to an aromatic ring is 1. The summed E-state index contributed by atoms with van der Waals surface area (Å²) in [7, 11) is 0. The van der Waals surface area contributed by atoms with E-state index in [9.17, 15) is 18.4 Å². The van der Waals surface area contributed by atoms with Gasteiger partial charge in [-0.25, -0.2) is 17.9 Å². The van der Waals surface area contributed by atoms with E-state index in [4.69, 9.17) is 11.5 Å². The average molecular weight is 471 g/mol. The molecule has 2 amide bonds. The van der Waals surface area contributed by atoms with Crippen molar-refractivity contribution >= 4 is 17.6 Å². The Morgan fingerprint density at radius 3 is 2.50 bits per heavy atom. The Bertz CT molecular complexity index is 1280. The number of benzene rings is 2. The summed E-state index contributed by atoms with van der Waals surface area (Å²) in [6.45, 7) is 1.30. The standard InChI is InChI=1S/C24H24F3N5O2/c1-12-6-7-14(25)9-16(12)24(34)30-11-13-8-19(27)17(10-18(13)26)21-20(23(29)33)22(28)32(31-21)15-4-2-3-5-15/h6-10,15H,2-5,11,28H2,1H3,(H2,29,33)(H,30,34). The minimum Gasteiger partial charge on any atom is -0.383 e. The topological polar surface area (TPSA) is 116 Å². The molecule has 1 aromatic heterocycles. The summed E-state index contributed by atoms with van der Waals surface area (Å²) in [5.41, 5.74) is 11.5. The zero-order valence-electron chi connectivity index (χ0n) is 18.5. The van der Waals surface area contributed by atoms with Gasteiger partial charge in [-0.2, -0.15) is 5.10 Å². The molecule has 0 radical (unpaired) electrons. The fraction of sp³-hybridized carbons (Fsp3) is 0.292. The zero-order chi connectivity index (χ0) is 24.6. The zero-order valence-corrected chi connectivity index (χ0v) is 18.5. The maximum Gasteiger partial charge on any atom is 0.254 e. The van der Waals surface area contributed by atoms with Crippen molar-refractivity contribution in [2.45, 2.75) is 45.2 Å². The van der Waals surface area contributed by atoms with Gasteiger partial charge in [-0.1, -0.05) is 18.9 Å². The summed E-state index contributed by atoms with van der Waals surface area (Å²) in [5.74, 6) is -3.75. The molecule has 2 aromatic carbocycles. The van der Waals surface area contributed by atoms with Crippen molar-refractivity contribution in [1.82, 2.24) is 15.1 Å². The number of hydrogen-bond acceptors (Lipinski definition) is 4. The summed E-state index contributed by atoms with van der Waals surface area (Å²) >= 11 is 0. The number of anilines is 1. The normalized spacial score (nSPS) is 13.9. The molecule has 0 unspecified atom stereocenters. The highest BCUT2D eigenvalue weighted by Crippen LogP contribution is 2.36. The van der Waals surface area contributed by atoms with Gasteiger partial charge in [0.1, 0.15) is 34.5 Å². The van der Waals surface area contributed by atoms with Crippen molar-refractivity contribution in [1.29, 1.82) is 0 Å². The van der Waals surface area contributed by atoms with E-state index < -0.39 is 29.3 Å². The molecule has 0 bridgehead atoms. The van der Waals surface area contributed by atoms with Crippen molar-refractivity contribution in [3.05, 3.63) is 70.0 Å². The van der Waals surface area contributed by atoms with Crippen LogP contribution in [-0.2, 0) is 6.54 Å². The van der Waals surface area contributed by atoms with Gasteiger partial charge in [0, 0.05) is 23.2 Å². The first-order chi connectivity index (χ1) is 16.2. The van der Waals surface area contributed by atoms with Crippen LogP contribution < -0.4 is 16.8 Å². The van der Waals surface area contributed by atoms with Gasteiger partial charge in [0.2, 0.25) is 0 Å². The SMILES string of the molecule is Cc1ccc(F)cc1C(=O)NCc1cc(F)c(-c2nn(C3CCCC3)c(N)c2C(N)=O)cc1F. The third kappa shape index (κ3) is 4.35. The Balaban J connectivity index is 1.63. The molecule has 0 atom stereocenters. The number of carbonyl (C=O) groups is 2. The summed E-state index contributed by atoms with van der Waals surface area (Å²) in [6.07, 6.45) is 3.57. The lowest BCUT2D eigenvalue weighted by molar-refractivity contribution is 0.0948. The molecular weight excluding hydrogens is 447 g/mol. The van der Waals surface area contributed by atoms with E-state index in [2.05, 4.69) is 10.4 Å². The van der Waals surface area contributed by atoms with E-state index in [-0.39, 0.29) is 46.4 Å². The molecule has 3 aromatic rings. The molecule has 34 heavy (non-hydrogen) atoms. The first kappa shape index (κ1) is 23.3. The molecule has 10 heteroatoms. The number of carbonyl (C=O) groups excluding carboxylic acids is 2. The Morgan fingerprint density at radius 2 is 1.82 bits per heavy atom. The van der Waals surface area contributed by atoms with Gasteiger partial charge in [-0.15, -0.1) is 0 Å². The number of nitrogens with zero attached hydrogens (tertiary/aromatic N) is 2. The minimum absolute atomic E-state index is 0.0241. The van der Waals surface area contributed by atoms with E-state index in [1.807, 2.05) is 0 Å². The Labute approximate surface area is 193 Å². The molecule has 4 rings (SSSR count). The third-order valence-corrected chi connectivity index (χ3v) is 6.14. The second-order valence-corrected chi connectivity index (χ2v) is 8.42. The van der Waals surface area contributed by atoms with E-state index in [0.29, 0.717) is 5.56 Å². The van der Waals surface area contributed by atoms with Gasteiger partial charge < -0.3 is 16.8 Å². The summed E-state index contributed by atoms with van der Waals surface area (Å²) in [5, 5.41) is 6.79. The number of primary amides is 1. The Morgan fingerprint density at radius 1 is 1.12 bits per heavy atom. The maximum absolute atomic E-state index is 15.1. The number of aromatic nitrogens is 2. The first-order valence-electron chi connectivity index (χ1n) is 10.9. The van der Waals surface area contributed by atoms with Crippen LogP contribution in [0, 0.1) is 24.4 Å². The Kier molecular flexibility index (Phi) is 6.32. The summed E-state index contributed by atoms with van der Waals surface area (Å²) in [4.78, 5) is 24.5. The second kappa shape index (κ2) is 9.20. The lowest BCUT2D eigenvalue weighted by atomic mass is 10.0.